The highest BCUT2D eigenvalue weighted by Gasteiger charge is 2.36. The Labute approximate surface area is 113 Å². The van der Waals surface area contributed by atoms with Crippen molar-refractivity contribution in [2.75, 3.05) is 7.05 Å². The van der Waals surface area contributed by atoms with E-state index in [4.69, 9.17) is 0 Å². The molecule has 0 aromatic heterocycles. The van der Waals surface area contributed by atoms with Crippen LogP contribution in [-0.2, 0) is 16.0 Å². The maximum Gasteiger partial charge on any atom is 0.246 e. The molecule has 1 saturated heterocycles. The van der Waals surface area contributed by atoms with Crippen molar-refractivity contribution >= 4 is 11.8 Å². The average Bonchev–Trinajstić information content (AvgIpc) is 2.60. The number of amides is 2. The Balaban J connectivity index is 1.96. The summed E-state index contributed by atoms with van der Waals surface area (Å²) in [5, 5.41) is 3.25. The lowest BCUT2D eigenvalue weighted by molar-refractivity contribution is -0.137. The molecule has 4 nitrogen and oxygen atoms in total. The van der Waals surface area contributed by atoms with Crippen molar-refractivity contribution < 1.29 is 9.59 Å². The Morgan fingerprint density at radius 3 is 2.63 bits per heavy atom. The number of rotatable bonds is 4. The van der Waals surface area contributed by atoms with E-state index in [1.54, 1.807) is 7.05 Å². The van der Waals surface area contributed by atoms with E-state index in [1.807, 2.05) is 19.1 Å². The Morgan fingerprint density at radius 1 is 1.37 bits per heavy atom. The third-order valence-electron chi connectivity index (χ3n) is 3.65. The minimum atomic E-state index is -0.364. The van der Waals surface area contributed by atoms with Crippen LogP contribution < -0.4 is 5.32 Å². The molecule has 1 aromatic carbocycles. The summed E-state index contributed by atoms with van der Waals surface area (Å²) in [7, 11) is 1.54. The van der Waals surface area contributed by atoms with Gasteiger partial charge in [-0.25, -0.2) is 0 Å². The summed E-state index contributed by atoms with van der Waals surface area (Å²) in [4.78, 5) is 24.5. The van der Waals surface area contributed by atoms with Crippen molar-refractivity contribution in [3.63, 3.8) is 0 Å². The largest absolute Gasteiger partial charge is 0.303 e. The molecule has 0 radical (unpaired) electrons. The van der Waals surface area contributed by atoms with Crippen LogP contribution in [0.1, 0.15) is 24.5 Å². The van der Waals surface area contributed by atoms with Gasteiger partial charge in [-0.2, -0.15) is 0 Å². The first-order valence-corrected chi connectivity index (χ1v) is 6.60. The Hall–Kier alpha value is -1.68. The lowest BCUT2D eigenvalue weighted by Crippen LogP contribution is -2.42. The number of hydrogen-bond acceptors (Lipinski definition) is 3. The summed E-state index contributed by atoms with van der Waals surface area (Å²) in [5.41, 5.74) is 2.52. The van der Waals surface area contributed by atoms with Gasteiger partial charge in [-0.15, -0.1) is 0 Å². The van der Waals surface area contributed by atoms with E-state index in [9.17, 15) is 9.59 Å². The Bertz CT molecular complexity index is 499. The average molecular weight is 260 g/mol. The third kappa shape index (κ3) is 3.01. The molecule has 0 bridgehead atoms. The number of nitrogens with zero attached hydrogens (tertiary/aromatic N) is 1. The first-order valence-electron chi connectivity index (χ1n) is 6.60. The number of carbonyl (C=O) groups excluding carboxylic acids is 2. The summed E-state index contributed by atoms with van der Waals surface area (Å²) < 4.78 is 0. The number of benzene rings is 1. The predicted octanol–water partition coefficient (Wildman–Crippen LogP) is 1.27. The number of nitrogens with one attached hydrogen (secondary N) is 1. The van der Waals surface area contributed by atoms with Crippen LogP contribution in [0.4, 0.5) is 0 Å². The van der Waals surface area contributed by atoms with E-state index in [2.05, 4.69) is 24.4 Å². The van der Waals surface area contributed by atoms with E-state index in [0.29, 0.717) is 0 Å². The van der Waals surface area contributed by atoms with Crippen molar-refractivity contribution in [1.29, 1.82) is 0 Å². The van der Waals surface area contributed by atoms with Gasteiger partial charge in [0, 0.05) is 13.1 Å². The molecule has 1 fully saturated rings. The monoisotopic (exact) mass is 260 g/mol. The summed E-state index contributed by atoms with van der Waals surface area (Å²) in [6.07, 6.45) is 1.13. The molecular weight excluding hydrogens is 240 g/mol. The highest BCUT2D eigenvalue weighted by atomic mass is 16.2. The van der Waals surface area contributed by atoms with Crippen LogP contribution in [0.15, 0.2) is 24.3 Å². The Morgan fingerprint density at radius 2 is 2.05 bits per heavy atom. The van der Waals surface area contributed by atoms with Crippen molar-refractivity contribution in [3.8, 4) is 0 Å². The molecule has 0 spiro atoms. The smallest absolute Gasteiger partial charge is 0.246 e. The standard InChI is InChI=1S/C15H20N2O2/c1-10-6-4-5-7-12(10)8-11(2)16-13-9-14(18)17(3)15(13)19/h4-7,11,13,16H,8-9H2,1-3H3. The van der Waals surface area contributed by atoms with Gasteiger partial charge in [0.2, 0.25) is 11.8 Å². The van der Waals surface area contributed by atoms with Gasteiger partial charge in [-0.1, -0.05) is 24.3 Å². The fourth-order valence-electron chi connectivity index (χ4n) is 2.46. The molecule has 2 rings (SSSR count). The first-order chi connectivity index (χ1) is 8.99. The maximum absolute atomic E-state index is 11.8. The molecule has 2 atom stereocenters. The number of imide groups is 1. The van der Waals surface area contributed by atoms with Gasteiger partial charge in [0.15, 0.2) is 0 Å². The molecule has 1 aromatic rings. The fraction of sp³-hybridized carbons (Fsp3) is 0.467. The van der Waals surface area contributed by atoms with Crippen molar-refractivity contribution in [3.05, 3.63) is 35.4 Å². The lowest BCUT2D eigenvalue weighted by Gasteiger charge is -2.18. The molecule has 0 aliphatic carbocycles. The molecule has 0 saturated carbocycles. The fourth-order valence-corrected chi connectivity index (χ4v) is 2.46. The van der Waals surface area contributed by atoms with Gasteiger partial charge in [-0.3, -0.25) is 14.5 Å². The van der Waals surface area contributed by atoms with Crippen molar-refractivity contribution in [1.82, 2.24) is 10.2 Å². The molecule has 1 N–H and O–H groups in total. The molecule has 2 unspecified atom stereocenters. The third-order valence-corrected chi connectivity index (χ3v) is 3.65. The topological polar surface area (TPSA) is 49.4 Å². The van der Waals surface area contributed by atoms with E-state index < -0.39 is 0 Å². The Kier molecular flexibility index (Phi) is 4.00. The quantitative estimate of drug-likeness (QED) is 0.830. The van der Waals surface area contributed by atoms with E-state index in [-0.39, 0.29) is 30.3 Å². The van der Waals surface area contributed by atoms with Crippen LogP contribution in [0, 0.1) is 6.92 Å². The molecule has 1 aliphatic rings. The lowest BCUT2D eigenvalue weighted by atomic mass is 10.0. The molecular formula is C15H20N2O2. The normalized spacial score (nSPS) is 21.0. The SMILES string of the molecule is Cc1ccccc1CC(C)NC1CC(=O)N(C)C1=O. The zero-order valence-corrected chi connectivity index (χ0v) is 11.6. The van der Waals surface area contributed by atoms with Crippen LogP contribution in [0.3, 0.4) is 0 Å². The number of likely N-dealkylation sites (tertiary alicyclic amines) is 1. The van der Waals surface area contributed by atoms with Crippen LogP contribution in [0.25, 0.3) is 0 Å². The molecule has 4 heteroatoms. The summed E-state index contributed by atoms with van der Waals surface area (Å²) in [6.45, 7) is 4.13. The van der Waals surface area contributed by atoms with Crippen molar-refractivity contribution in [2.24, 2.45) is 0 Å². The van der Waals surface area contributed by atoms with Crippen LogP contribution in [0.2, 0.25) is 0 Å². The summed E-state index contributed by atoms with van der Waals surface area (Å²) in [6, 6.07) is 8.02. The number of hydrogen-bond donors (Lipinski definition) is 1. The number of likely N-dealkylation sites (N-methyl/N-ethyl adjacent to an activating group) is 1. The molecule has 1 aliphatic heterocycles. The molecule has 2 amide bonds. The van der Waals surface area contributed by atoms with Gasteiger partial charge in [0.1, 0.15) is 0 Å². The summed E-state index contributed by atoms with van der Waals surface area (Å²) in [5.74, 6) is -0.229. The maximum atomic E-state index is 11.8. The zero-order valence-electron chi connectivity index (χ0n) is 11.6. The second kappa shape index (κ2) is 5.53. The van der Waals surface area contributed by atoms with Crippen molar-refractivity contribution in [2.45, 2.75) is 38.8 Å². The van der Waals surface area contributed by atoms with E-state index in [0.717, 1.165) is 6.42 Å². The molecule has 19 heavy (non-hydrogen) atoms. The predicted molar refractivity (Wildman–Crippen MR) is 73.7 cm³/mol. The van der Waals surface area contributed by atoms with Gasteiger partial charge < -0.3 is 5.32 Å². The van der Waals surface area contributed by atoms with Gasteiger partial charge >= 0.3 is 0 Å². The summed E-state index contributed by atoms with van der Waals surface area (Å²) >= 11 is 0. The second-order valence-electron chi connectivity index (χ2n) is 5.25. The highest BCUT2D eigenvalue weighted by Crippen LogP contribution is 2.14. The van der Waals surface area contributed by atoms with Gasteiger partial charge in [0.25, 0.3) is 0 Å². The van der Waals surface area contributed by atoms with Gasteiger partial charge in [0.05, 0.1) is 12.5 Å². The van der Waals surface area contributed by atoms with Gasteiger partial charge in [-0.05, 0) is 31.4 Å². The van der Waals surface area contributed by atoms with Crippen LogP contribution in [-0.4, -0.2) is 35.8 Å². The van der Waals surface area contributed by atoms with E-state index >= 15 is 0 Å². The number of aryl methyl sites for hydroxylation is 1. The molecule has 1 heterocycles. The van der Waals surface area contributed by atoms with E-state index in [1.165, 1.54) is 16.0 Å². The van der Waals surface area contributed by atoms with Crippen LogP contribution >= 0.6 is 0 Å². The minimum absolute atomic E-state index is 0.106. The number of carbonyl (C=O) groups is 2. The molecule has 102 valence electrons. The first kappa shape index (κ1) is 13.7. The second-order valence-corrected chi connectivity index (χ2v) is 5.25. The highest BCUT2D eigenvalue weighted by molar-refractivity contribution is 6.05. The zero-order chi connectivity index (χ0) is 14.0. The van der Waals surface area contributed by atoms with Crippen LogP contribution in [0.5, 0.6) is 0 Å². The minimum Gasteiger partial charge on any atom is -0.303 e.